The Hall–Kier alpha value is -0.0400. The third-order valence-electron chi connectivity index (χ3n) is 4.14. The van der Waals surface area contributed by atoms with Crippen LogP contribution >= 0.6 is 0 Å². The van der Waals surface area contributed by atoms with Crippen molar-refractivity contribution in [1.82, 2.24) is 5.32 Å². The molecule has 0 aliphatic heterocycles. The number of unbranched alkanes of at least 4 members (excludes halogenated alkanes) is 2. The van der Waals surface area contributed by atoms with Crippen LogP contribution in [0.15, 0.2) is 0 Å². The standard InChI is InChI=1S/C16H33N/c1-5-6-7-12-15(13-17-16(2,3)4)14-10-8-9-11-14/h14-15,17H,5-13H2,1-4H3. The molecule has 102 valence electrons. The fourth-order valence-electron chi connectivity index (χ4n) is 3.03. The minimum atomic E-state index is 0.279. The molecule has 1 aliphatic rings. The predicted molar refractivity (Wildman–Crippen MR) is 77.3 cm³/mol. The lowest BCUT2D eigenvalue weighted by Crippen LogP contribution is -2.40. The van der Waals surface area contributed by atoms with E-state index in [2.05, 4.69) is 33.0 Å². The predicted octanol–water partition coefficient (Wildman–Crippen LogP) is 4.76. The maximum atomic E-state index is 3.73. The highest BCUT2D eigenvalue weighted by atomic mass is 14.9. The van der Waals surface area contributed by atoms with Gasteiger partial charge in [0, 0.05) is 5.54 Å². The average Bonchev–Trinajstić information content (AvgIpc) is 2.75. The van der Waals surface area contributed by atoms with E-state index < -0.39 is 0 Å². The second-order valence-corrected chi connectivity index (χ2v) is 6.93. The Morgan fingerprint density at radius 2 is 1.76 bits per heavy atom. The first kappa shape index (κ1) is 15.0. The molecule has 0 aromatic heterocycles. The quantitative estimate of drug-likeness (QED) is 0.632. The summed E-state index contributed by atoms with van der Waals surface area (Å²) < 4.78 is 0. The SMILES string of the molecule is CCCCCC(CNC(C)(C)C)C1CCCC1. The zero-order valence-corrected chi connectivity index (χ0v) is 12.5. The van der Waals surface area contributed by atoms with Crippen LogP contribution < -0.4 is 5.32 Å². The smallest absolute Gasteiger partial charge is 0.00966 e. The fourth-order valence-corrected chi connectivity index (χ4v) is 3.03. The molecule has 0 amide bonds. The number of nitrogens with one attached hydrogen (secondary N) is 1. The summed E-state index contributed by atoms with van der Waals surface area (Å²) in [4.78, 5) is 0. The van der Waals surface area contributed by atoms with Crippen molar-refractivity contribution in [2.45, 2.75) is 84.6 Å². The molecule has 0 radical (unpaired) electrons. The second-order valence-electron chi connectivity index (χ2n) is 6.93. The van der Waals surface area contributed by atoms with E-state index in [0.717, 1.165) is 11.8 Å². The maximum absolute atomic E-state index is 3.73. The summed E-state index contributed by atoms with van der Waals surface area (Å²) in [6, 6.07) is 0. The minimum Gasteiger partial charge on any atom is -0.312 e. The topological polar surface area (TPSA) is 12.0 Å². The molecule has 1 unspecified atom stereocenters. The highest BCUT2D eigenvalue weighted by Gasteiger charge is 2.25. The first-order valence-electron chi connectivity index (χ1n) is 7.78. The van der Waals surface area contributed by atoms with Crippen molar-refractivity contribution in [3.05, 3.63) is 0 Å². The van der Waals surface area contributed by atoms with Crippen LogP contribution in [-0.4, -0.2) is 12.1 Å². The van der Waals surface area contributed by atoms with Gasteiger partial charge in [0.2, 0.25) is 0 Å². The third-order valence-corrected chi connectivity index (χ3v) is 4.14. The number of hydrogen-bond donors (Lipinski definition) is 1. The molecular formula is C16H33N. The summed E-state index contributed by atoms with van der Waals surface area (Å²) in [6.45, 7) is 10.4. The van der Waals surface area contributed by atoms with Crippen molar-refractivity contribution >= 4 is 0 Å². The van der Waals surface area contributed by atoms with Crippen LogP contribution in [0.2, 0.25) is 0 Å². The van der Waals surface area contributed by atoms with Crippen LogP contribution in [0.3, 0.4) is 0 Å². The van der Waals surface area contributed by atoms with Gasteiger partial charge in [-0.3, -0.25) is 0 Å². The molecular weight excluding hydrogens is 206 g/mol. The summed E-state index contributed by atoms with van der Waals surface area (Å²) in [5, 5.41) is 3.73. The third kappa shape index (κ3) is 6.45. The van der Waals surface area contributed by atoms with Gasteiger partial charge in [-0.1, -0.05) is 51.9 Å². The van der Waals surface area contributed by atoms with E-state index in [1.807, 2.05) is 0 Å². The first-order chi connectivity index (χ1) is 8.03. The molecule has 1 fully saturated rings. The van der Waals surface area contributed by atoms with Crippen molar-refractivity contribution in [2.24, 2.45) is 11.8 Å². The van der Waals surface area contributed by atoms with Gasteiger partial charge in [-0.25, -0.2) is 0 Å². The first-order valence-corrected chi connectivity index (χ1v) is 7.78. The monoisotopic (exact) mass is 239 g/mol. The number of rotatable bonds is 7. The Labute approximate surface area is 109 Å². The molecule has 0 bridgehead atoms. The van der Waals surface area contributed by atoms with Crippen molar-refractivity contribution in [2.75, 3.05) is 6.54 Å². The van der Waals surface area contributed by atoms with Crippen molar-refractivity contribution in [1.29, 1.82) is 0 Å². The number of hydrogen-bond acceptors (Lipinski definition) is 1. The summed E-state index contributed by atoms with van der Waals surface area (Å²) >= 11 is 0. The maximum Gasteiger partial charge on any atom is 0.00966 e. The van der Waals surface area contributed by atoms with Gasteiger partial charge in [0.15, 0.2) is 0 Å². The average molecular weight is 239 g/mol. The molecule has 0 spiro atoms. The Morgan fingerprint density at radius 3 is 2.29 bits per heavy atom. The van der Waals surface area contributed by atoms with Gasteiger partial charge in [-0.15, -0.1) is 0 Å². The van der Waals surface area contributed by atoms with Crippen LogP contribution in [0.1, 0.15) is 79.1 Å². The summed E-state index contributed by atoms with van der Waals surface area (Å²) in [6.07, 6.45) is 11.6. The van der Waals surface area contributed by atoms with Crippen LogP contribution in [0.25, 0.3) is 0 Å². The summed E-state index contributed by atoms with van der Waals surface area (Å²) in [5.41, 5.74) is 0.279. The van der Waals surface area contributed by atoms with E-state index in [0.29, 0.717) is 0 Å². The van der Waals surface area contributed by atoms with Crippen molar-refractivity contribution < 1.29 is 0 Å². The summed E-state index contributed by atoms with van der Waals surface area (Å²) in [5.74, 6) is 1.95. The van der Waals surface area contributed by atoms with E-state index in [-0.39, 0.29) is 5.54 Å². The molecule has 0 aromatic carbocycles. The molecule has 0 aromatic rings. The second kappa shape index (κ2) is 7.41. The van der Waals surface area contributed by atoms with Gasteiger partial charge >= 0.3 is 0 Å². The van der Waals surface area contributed by atoms with Gasteiger partial charge in [0.05, 0.1) is 0 Å². The van der Waals surface area contributed by atoms with E-state index in [4.69, 9.17) is 0 Å². The normalized spacial score (nSPS) is 19.8. The molecule has 0 heterocycles. The Morgan fingerprint density at radius 1 is 1.12 bits per heavy atom. The highest BCUT2D eigenvalue weighted by Crippen LogP contribution is 2.34. The molecule has 0 saturated heterocycles. The molecule has 1 N–H and O–H groups in total. The van der Waals surface area contributed by atoms with E-state index >= 15 is 0 Å². The largest absolute Gasteiger partial charge is 0.312 e. The van der Waals surface area contributed by atoms with Crippen molar-refractivity contribution in [3.63, 3.8) is 0 Å². The van der Waals surface area contributed by atoms with Crippen molar-refractivity contribution in [3.8, 4) is 0 Å². The molecule has 17 heavy (non-hydrogen) atoms. The fraction of sp³-hybridized carbons (Fsp3) is 1.00. The van der Waals surface area contributed by atoms with Crippen LogP contribution in [0.4, 0.5) is 0 Å². The van der Waals surface area contributed by atoms with E-state index in [9.17, 15) is 0 Å². The lowest BCUT2D eigenvalue weighted by atomic mass is 9.86. The van der Waals surface area contributed by atoms with E-state index in [1.165, 1.54) is 57.9 Å². The molecule has 1 nitrogen and oxygen atoms in total. The molecule has 1 heteroatoms. The lowest BCUT2D eigenvalue weighted by Gasteiger charge is -2.29. The van der Waals surface area contributed by atoms with E-state index in [1.54, 1.807) is 0 Å². The Bertz CT molecular complexity index is 186. The lowest BCUT2D eigenvalue weighted by molar-refractivity contribution is 0.268. The van der Waals surface area contributed by atoms with Gasteiger partial charge in [0.1, 0.15) is 0 Å². The zero-order valence-electron chi connectivity index (χ0n) is 12.5. The van der Waals surface area contributed by atoms with Crippen LogP contribution in [-0.2, 0) is 0 Å². The summed E-state index contributed by atoms with van der Waals surface area (Å²) in [7, 11) is 0. The Balaban J connectivity index is 2.35. The highest BCUT2D eigenvalue weighted by molar-refractivity contribution is 4.80. The molecule has 1 aliphatic carbocycles. The Kier molecular flexibility index (Phi) is 6.54. The van der Waals surface area contributed by atoms with Gasteiger partial charge < -0.3 is 5.32 Å². The molecule has 1 rings (SSSR count). The minimum absolute atomic E-state index is 0.279. The van der Waals surface area contributed by atoms with Crippen LogP contribution in [0.5, 0.6) is 0 Å². The van der Waals surface area contributed by atoms with Gasteiger partial charge in [-0.2, -0.15) is 0 Å². The van der Waals surface area contributed by atoms with Gasteiger partial charge in [-0.05, 0) is 45.6 Å². The van der Waals surface area contributed by atoms with Gasteiger partial charge in [0.25, 0.3) is 0 Å². The molecule has 1 atom stereocenters. The zero-order chi connectivity index (χ0) is 12.7. The molecule has 1 saturated carbocycles. The van der Waals surface area contributed by atoms with Crippen LogP contribution in [0, 0.1) is 11.8 Å².